The highest BCUT2D eigenvalue weighted by atomic mass is 16.3. The number of nitrogens with two attached hydrogens (primary N) is 1. The summed E-state index contributed by atoms with van der Waals surface area (Å²) in [4.78, 5) is 0. The summed E-state index contributed by atoms with van der Waals surface area (Å²) in [6, 6.07) is 0.364. The van der Waals surface area contributed by atoms with Crippen LogP contribution >= 0.6 is 0 Å². The second-order valence-electron chi connectivity index (χ2n) is 12.9. The number of hydrogen-bond acceptors (Lipinski definition) is 2. The molecular formula is C27H49NO. The van der Waals surface area contributed by atoms with Gasteiger partial charge in [-0.3, -0.25) is 0 Å². The highest BCUT2D eigenvalue weighted by molar-refractivity contribution is 5.12. The second-order valence-corrected chi connectivity index (χ2v) is 12.9. The zero-order valence-corrected chi connectivity index (χ0v) is 20.0. The van der Waals surface area contributed by atoms with Gasteiger partial charge in [-0.2, -0.15) is 0 Å². The maximum Gasteiger partial charge on any atom is 0.0543 e. The van der Waals surface area contributed by atoms with Crippen molar-refractivity contribution in [2.75, 3.05) is 0 Å². The zero-order valence-electron chi connectivity index (χ0n) is 20.0. The predicted molar refractivity (Wildman–Crippen MR) is 122 cm³/mol. The van der Waals surface area contributed by atoms with Crippen molar-refractivity contribution < 1.29 is 5.11 Å². The highest BCUT2D eigenvalue weighted by Crippen LogP contribution is 2.68. The summed E-state index contributed by atoms with van der Waals surface area (Å²) in [5, 5.41) is 10.3. The van der Waals surface area contributed by atoms with E-state index in [1.165, 1.54) is 51.4 Å². The fourth-order valence-corrected chi connectivity index (χ4v) is 9.32. The van der Waals surface area contributed by atoms with Gasteiger partial charge in [0.25, 0.3) is 0 Å². The molecule has 1 unspecified atom stereocenters. The number of aliphatic hydroxyl groups is 1. The number of rotatable bonds is 5. The lowest BCUT2D eigenvalue weighted by Gasteiger charge is -2.63. The summed E-state index contributed by atoms with van der Waals surface area (Å²) < 4.78 is 0. The number of fused-ring (bicyclic) bond motifs is 5. The first kappa shape index (κ1) is 22.1. The molecule has 0 spiro atoms. The molecule has 0 radical (unpaired) electrons. The van der Waals surface area contributed by atoms with Crippen LogP contribution < -0.4 is 5.73 Å². The normalized spacial score (nSPS) is 50.7. The molecule has 10 atom stereocenters. The molecule has 4 saturated carbocycles. The lowest BCUT2D eigenvalue weighted by Crippen LogP contribution is -2.60. The Labute approximate surface area is 180 Å². The molecule has 0 bridgehead atoms. The van der Waals surface area contributed by atoms with Gasteiger partial charge >= 0.3 is 0 Å². The second kappa shape index (κ2) is 8.12. The summed E-state index contributed by atoms with van der Waals surface area (Å²) in [5.74, 6) is 5.65. The van der Waals surface area contributed by atoms with Crippen molar-refractivity contribution in [1.29, 1.82) is 0 Å². The van der Waals surface area contributed by atoms with E-state index in [9.17, 15) is 5.11 Å². The van der Waals surface area contributed by atoms with Crippen molar-refractivity contribution in [1.82, 2.24) is 0 Å². The molecule has 29 heavy (non-hydrogen) atoms. The minimum atomic E-state index is -0.0757. The molecule has 2 heteroatoms. The van der Waals surface area contributed by atoms with E-state index in [0.29, 0.717) is 22.8 Å². The first-order chi connectivity index (χ1) is 13.7. The molecule has 0 aromatic rings. The molecule has 0 saturated heterocycles. The minimum absolute atomic E-state index is 0.0757. The van der Waals surface area contributed by atoms with E-state index in [0.717, 1.165) is 54.8 Å². The van der Waals surface area contributed by atoms with E-state index < -0.39 is 0 Å². The van der Waals surface area contributed by atoms with Crippen LogP contribution in [0.3, 0.4) is 0 Å². The Balaban J connectivity index is 1.50. The van der Waals surface area contributed by atoms with Gasteiger partial charge in [0.15, 0.2) is 0 Å². The Morgan fingerprint density at radius 2 is 1.59 bits per heavy atom. The third-order valence-corrected chi connectivity index (χ3v) is 10.9. The largest absolute Gasteiger partial charge is 0.393 e. The van der Waals surface area contributed by atoms with Crippen LogP contribution in [-0.2, 0) is 0 Å². The average Bonchev–Trinajstić information content (AvgIpc) is 3.00. The first-order valence-electron chi connectivity index (χ1n) is 13.1. The van der Waals surface area contributed by atoms with Crippen LogP contribution in [0.1, 0.15) is 105 Å². The van der Waals surface area contributed by atoms with Crippen LogP contribution in [0.2, 0.25) is 0 Å². The predicted octanol–water partition coefficient (Wildman–Crippen LogP) is 6.41. The topological polar surface area (TPSA) is 46.2 Å². The van der Waals surface area contributed by atoms with Crippen LogP contribution in [0.25, 0.3) is 0 Å². The fourth-order valence-electron chi connectivity index (χ4n) is 9.32. The molecule has 4 fully saturated rings. The number of aliphatic hydroxyl groups excluding tert-OH is 1. The van der Waals surface area contributed by atoms with Crippen molar-refractivity contribution in [3.8, 4) is 0 Å². The molecule has 0 amide bonds. The van der Waals surface area contributed by atoms with Gasteiger partial charge in [-0.25, -0.2) is 0 Å². The zero-order chi connectivity index (χ0) is 21.0. The maximum atomic E-state index is 10.3. The van der Waals surface area contributed by atoms with Gasteiger partial charge in [-0.05, 0) is 104 Å². The van der Waals surface area contributed by atoms with E-state index in [2.05, 4.69) is 34.6 Å². The molecule has 3 N–H and O–H groups in total. The van der Waals surface area contributed by atoms with E-state index >= 15 is 0 Å². The monoisotopic (exact) mass is 403 g/mol. The fraction of sp³-hybridized carbons (Fsp3) is 1.00. The van der Waals surface area contributed by atoms with Gasteiger partial charge in [-0.1, -0.05) is 53.9 Å². The quantitative estimate of drug-likeness (QED) is 0.557. The molecule has 0 aromatic heterocycles. The third kappa shape index (κ3) is 3.73. The minimum Gasteiger partial charge on any atom is -0.393 e. The highest BCUT2D eigenvalue weighted by Gasteiger charge is 2.62. The Hall–Kier alpha value is -0.0800. The van der Waals surface area contributed by atoms with Crippen molar-refractivity contribution in [3.05, 3.63) is 0 Å². The summed E-state index contributed by atoms with van der Waals surface area (Å²) >= 11 is 0. The Morgan fingerprint density at radius 1 is 0.897 bits per heavy atom. The molecular weight excluding hydrogens is 354 g/mol. The average molecular weight is 404 g/mol. The molecule has 0 heterocycles. The van der Waals surface area contributed by atoms with Crippen LogP contribution in [0.15, 0.2) is 0 Å². The summed E-state index contributed by atoms with van der Waals surface area (Å²) in [6.07, 6.45) is 14.2. The van der Waals surface area contributed by atoms with Gasteiger partial charge < -0.3 is 10.8 Å². The molecule has 4 rings (SSSR count). The Kier molecular flexibility index (Phi) is 6.19. The molecule has 4 aliphatic carbocycles. The summed E-state index contributed by atoms with van der Waals surface area (Å²) in [5.41, 5.74) is 7.92. The van der Waals surface area contributed by atoms with E-state index in [-0.39, 0.29) is 6.10 Å². The Bertz CT molecular complexity index is 575. The van der Waals surface area contributed by atoms with Crippen molar-refractivity contribution >= 4 is 0 Å². The lowest BCUT2D eigenvalue weighted by molar-refractivity contribution is -0.136. The maximum absolute atomic E-state index is 10.3. The van der Waals surface area contributed by atoms with E-state index in [4.69, 9.17) is 5.73 Å². The third-order valence-electron chi connectivity index (χ3n) is 10.9. The van der Waals surface area contributed by atoms with Gasteiger partial charge in [0.05, 0.1) is 6.10 Å². The van der Waals surface area contributed by atoms with Gasteiger partial charge in [-0.15, -0.1) is 0 Å². The molecule has 0 aromatic carbocycles. The molecule has 2 nitrogen and oxygen atoms in total. The SMILES string of the molecule is CC(C)CCC[C@@H](C)[C@H]1CC[C@H]2[C@@H]3[C@H](N)CC4C[C@@H](O)CC[C@]4(C)[C@H]3CC[C@]12C. The van der Waals surface area contributed by atoms with Gasteiger partial charge in [0.2, 0.25) is 0 Å². The first-order valence-corrected chi connectivity index (χ1v) is 13.1. The summed E-state index contributed by atoms with van der Waals surface area (Å²) in [7, 11) is 0. The van der Waals surface area contributed by atoms with Gasteiger partial charge in [0, 0.05) is 6.04 Å². The van der Waals surface area contributed by atoms with Gasteiger partial charge in [0.1, 0.15) is 0 Å². The number of hydrogen-bond donors (Lipinski definition) is 2. The van der Waals surface area contributed by atoms with Crippen molar-refractivity contribution in [2.24, 2.45) is 58.0 Å². The molecule has 168 valence electrons. The van der Waals surface area contributed by atoms with Crippen molar-refractivity contribution in [2.45, 2.75) is 117 Å². The Morgan fingerprint density at radius 3 is 2.31 bits per heavy atom. The van der Waals surface area contributed by atoms with Crippen LogP contribution in [0.4, 0.5) is 0 Å². The van der Waals surface area contributed by atoms with Crippen molar-refractivity contribution in [3.63, 3.8) is 0 Å². The summed E-state index contributed by atoms with van der Waals surface area (Å²) in [6.45, 7) is 12.5. The van der Waals surface area contributed by atoms with Crippen LogP contribution in [0, 0.1) is 52.3 Å². The molecule has 4 aliphatic rings. The van der Waals surface area contributed by atoms with E-state index in [1.54, 1.807) is 0 Å². The molecule has 0 aliphatic heterocycles. The van der Waals surface area contributed by atoms with E-state index in [1.807, 2.05) is 0 Å². The smallest absolute Gasteiger partial charge is 0.0543 e. The standard InChI is InChI=1S/C27H49NO/c1-17(2)7-6-8-18(3)21-9-10-22-25-23(12-14-27(21,22)5)26(4)13-11-20(29)15-19(26)16-24(25)28/h17-25,29H,6-16,28H2,1-5H3/t18-,19?,20+,21-,22+,23+,24-,25+,26+,27-/m1/s1. The van der Waals surface area contributed by atoms with Crippen LogP contribution in [-0.4, -0.2) is 17.3 Å². The van der Waals surface area contributed by atoms with Crippen LogP contribution in [0.5, 0.6) is 0 Å². The lowest BCUT2D eigenvalue weighted by atomic mass is 9.43.